The second kappa shape index (κ2) is 5.62. The van der Waals surface area contributed by atoms with Crippen molar-refractivity contribution in [3.63, 3.8) is 0 Å². The standard InChI is InChI=1S/C12H22N2O2/c1-4-11(2)9-12(10-13,5-7-16-11)14-6-8-15-3/h14H,4-9H2,1-3H3. The first-order valence-electron chi connectivity index (χ1n) is 5.89. The summed E-state index contributed by atoms with van der Waals surface area (Å²) < 4.78 is 10.8. The average molecular weight is 226 g/mol. The first kappa shape index (κ1) is 13.4. The van der Waals surface area contributed by atoms with Crippen LogP contribution < -0.4 is 5.32 Å². The van der Waals surface area contributed by atoms with Gasteiger partial charge in [0.25, 0.3) is 0 Å². The topological polar surface area (TPSA) is 54.3 Å². The molecule has 1 aliphatic heterocycles. The first-order chi connectivity index (χ1) is 7.60. The molecule has 2 atom stereocenters. The van der Waals surface area contributed by atoms with Gasteiger partial charge in [0.05, 0.1) is 24.9 Å². The van der Waals surface area contributed by atoms with Crippen LogP contribution in [0.3, 0.4) is 0 Å². The molecule has 0 aromatic carbocycles. The Morgan fingerprint density at radius 2 is 2.31 bits per heavy atom. The van der Waals surface area contributed by atoms with Gasteiger partial charge in [-0.15, -0.1) is 0 Å². The van der Waals surface area contributed by atoms with Crippen molar-refractivity contribution in [1.29, 1.82) is 5.26 Å². The summed E-state index contributed by atoms with van der Waals surface area (Å²) in [6.45, 7) is 6.17. The molecular formula is C12H22N2O2. The fourth-order valence-electron chi connectivity index (χ4n) is 2.15. The van der Waals surface area contributed by atoms with Crippen LogP contribution in [0.15, 0.2) is 0 Å². The van der Waals surface area contributed by atoms with E-state index in [1.165, 1.54) is 0 Å². The minimum absolute atomic E-state index is 0.173. The monoisotopic (exact) mass is 226 g/mol. The Morgan fingerprint density at radius 1 is 1.56 bits per heavy atom. The van der Waals surface area contributed by atoms with E-state index in [1.807, 2.05) is 0 Å². The largest absolute Gasteiger partial charge is 0.383 e. The molecule has 1 aliphatic rings. The van der Waals surface area contributed by atoms with Crippen molar-refractivity contribution in [2.75, 3.05) is 26.9 Å². The van der Waals surface area contributed by atoms with Crippen LogP contribution in [-0.4, -0.2) is 38.0 Å². The Labute approximate surface area is 97.9 Å². The summed E-state index contributed by atoms with van der Waals surface area (Å²) in [5.41, 5.74) is -0.615. The lowest BCUT2D eigenvalue weighted by Gasteiger charge is -2.42. The molecule has 92 valence electrons. The number of hydrogen-bond acceptors (Lipinski definition) is 4. The molecule has 0 saturated carbocycles. The van der Waals surface area contributed by atoms with Crippen LogP contribution in [0.1, 0.15) is 33.1 Å². The SMILES string of the molecule is CCC1(C)CC(C#N)(NCCOC)CCO1. The maximum Gasteiger partial charge on any atom is 0.111 e. The number of nitrogens with one attached hydrogen (secondary N) is 1. The highest BCUT2D eigenvalue weighted by Crippen LogP contribution is 2.34. The van der Waals surface area contributed by atoms with Crippen LogP contribution in [0.5, 0.6) is 0 Å². The van der Waals surface area contributed by atoms with E-state index in [1.54, 1.807) is 7.11 Å². The molecule has 1 rings (SSSR count). The fourth-order valence-corrected chi connectivity index (χ4v) is 2.15. The zero-order valence-corrected chi connectivity index (χ0v) is 10.5. The van der Waals surface area contributed by atoms with Gasteiger partial charge >= 0.3 is 0 Å². The molecule has 0 aromatic rings. The maximum absolute atomic E-state index is 9.36. The molecule has 16 heavy (non-hydrogen) atoms. The third-order valence-electron chi connectivity index (χ3n) is 3.39. The predicted octanol–water partition coefficient (Wildman–Crippen LogP) is 1.46. The molecule has 0 amide bonds. The van der Waals surface area contributed by atoms with Crippen LogP contribution in [0, 0.1) is 11.3 Å². The van der Waals surface area contributed by atoms with E-state index < -0.39 is 5.54 Å². The van der Waals surface area contributed by atoms with Gasteiger partial charge in [-0.05, 0) is 13.3 Å². The Kier molecular flexibility index (Phi) is 4.72. The van der Waals surface area contributed by atoms with E-state index >= 15 is 0 Å². The van der Waals surface area contributed by atoms with Crippen molar-refractivity contribution in [3.8, 4) is 6.07 Å². The van der Waals surface area contributed by atoms with E-state index in [0.717, 1.165) is 19.3 Å². The minimum atomic E-state index is -0.443. The highest BCUT2D eigenvalue weighted by molar-refractivity contribution is 5.12. The Bertz CT molecular complexity index is 264. The summed E-state index contributed by atoms with van der Waals surface area (Å²) in [6.07, 6.45) is 2.43. The molecule has 0 radical (unpaired) electrons. The molecule has 1 N–H and O–H groups in total. The molecule has 4 nitrogen and oxygen atoms in total. The Morgan fingerprint density at radius 3 is 2.88 bits per heavy atom. The van der Waals surface area contributed by atoms with Crippen LogP contribution >= 0.6 is 0 Å². The molecule has 0 bridgehead atoms. The predicted molar refractivity (Wildman–Crippen MR) is 62.1 cm³/mol. The molecule has 0 aliphatic carbocycles. The van der Waals surface area contributed by atoms with Gasteiger partial charge in [-0.3, -0.25) is 5.32 Å². The van der Waals surface area contributed by atoms with E-state index in [9.17, 15) is 5.26 Å². The first-order valence-corrected chi connectivity index (χ1v) is 5.89. The van der Waals surface area contributed by atoms with E-state index in [4.69, 9.17) is 9.47 Å². The van der Waals surface area contributed by atoms with Crippen LogP contribution in [0.2, 0.25) is 0 Å². The second-order valence-corrected chi connectivity index (χ2v) is 4.69. The van der Waals surface area contributed by atoms with Gasteiger partial charge in [-0.25, -0.2) is 0 Å². The number of rotatable bonds is 5. The highest BCUT2D eigenvalue weighted by atomic mass is 16.5. The van der Waals surface area contributed by atoms with Crippen molar-refractivity contribution in [3.05, 3.63) is 0 Å². The summed E-state index contributed by atoms with van der Waals surface area (Å²) in [4.78, 5) is 0. The lowest BCUT2D eigenvalue weighted by atomic mass is 9.80. The number of methoxy groups -OCH3 is 1. The zero-order valence-electron chi connectivity index (χ0n) is 10.5. The third-order valence-corrected chi connectivity index (χ3v) is 3.39. The van der Waals surface area contributed by atoms with Gasteiger partial charge in [0.15, 0.2) is 0 Å². The number of nitriles is 1. The van der Waals surface area contributed by atoms with Crippen molar-refractivity contribution >= 4 is 0 Å². The van der Waals surface area contributed by atoms with Crippen LogP contribution in [0.4, 0.5) is 0 Å². The van der Waals surface area contributed by atoms with Crippen molar-refractivity contribution in [2.24, 2.45) is 0 Å². The molecule has 1 heterocycles. The van der Waals surface area contributed by atoms with E-state index in [-0.39, 0.29) is 5.60 Å². The zero-order chi connectivity index (χ0) is 12.1. The molecule has 1 fully saturated rings. The average Bonchev–Trinajstić information content (AvgIpc) is 2.30. The van der Waals surface area contributed by atoms with Crippen LogP contribution in [0.25, 0.3) is 0 Å². The summed E-state index contributed by atoms with van der Waals surface area (Å²) in [5, 5.41) is 12.7. The number of ether oxygens (including phenoxy) is 2. The van der Waals surface area contributed by atoms with Crippen LogP contribution in [-0.2, 0) is 9.47 Å². The van der Waals surface area contributed by atoms with E-state index in [0.29, 0.717) is 19.8 Å². The molecule has 0 aromatic heterocycles. The number of nitrogens with zero attached hydrogens (tertiary/aromatic N) is 1. The fraction of sp³-hybridized carbons (Fsp3) is 0.917. The molecule has 2 unspecified atom stereocenters. The van der Waals surface area contributed by atoms with Gasteiger partial charge < -0.3 is 9.47 Å². The van der Waals surface area contributed by atoms with E-state index in [2.05, 4.69) is 25.2 Å². The van der Waals surface area contributed by atoms with Crippen molar-refractivity contribution in [1.82, 2.24) is 5.32 Å². The number of hydrogen-bond donors (Lipinski definition) is 1. The third kappa shape index (κ3) is 3.18. The maximum atomic E-state index is 9.36. The Hall–Kier alpha value is -0.630. The van der Waals surface area contributed by atoms with Gasteiger partial charge in [-0.1, -0.05) is 6.92 Å². The lowest BCUT2D eigenvalue weighted by molar-refractivity contribution is -0.0907. The van der Waals surface area contributed by atoms with Gasteiger partial charge in [-0.2, -0.15) is 5.26 Å². The summed E-state index contributed by atoms with van der Waals surface area (Å²) in [6, 6.07) is 2.42. The molecular weight excluding hydrogens is 204 g/mol. The lowest BCUT2D eigenvalue weighted by Crippen LogP contribution is -2.55. The summed E-state index contributed by atoms with van der Waals surface area (Å²) in [5.74, 6) is 0. The quantitative estimate of drug-likeness (QED) is 0.721. The van der Waals surface area contributed by atoms with Crippen molar-refractivity contribution in [2.45, 2.75) is 44.2 Å². The summed E-state index contributed by atoms with van der Waals surface area (Å²) >= 11 is 0. The smallest absolute Gasteiger partial charge is 0.111 e. The van der Waals surface area contributed by atoms with Gasteiger partial charge in [0.1, 0.15) is 5.54 Å². The molecule has 1 saturated heterocycles. The minimum Gasteiger partial charge on any atom is -0.383 e. The van der Waals surface area contributed by atoms with Crippen molar-refractivity contribution < 1.29 is 9.47 Å². The molecule has 4 heteroatoms. The van der Waals surface area contributed by atoms with Gasteiger partial charge in [0.2, 0.25) is 0 Å². The normalized spacial score (nSPS) is 34.6. The Balaban J connectivity index is 2.61. The highest BCUT2D eigenvalue weighted by Gasteiger charge is 2.42. The molecule has 0 spiro atoms. The summed E-state index contributed by atoms with van der Waals surface area (Å²) in [7, 11) is 1.67. The second-order valence-electron chi connectivity index (χ2n) is 4.69. The van der Waals surface area contributed by atoms with Gasteiger partial charge in [0, 0.05) is 26.5 Å².